The zero-order valence-corrected chi connectivity index (χ0v) is 12.4. The summed E-state index contributed by atoms with van der Waals surface area (Å²) in [5.41, 5.74) is 0.150. The van der Waals surface area contributed by atoms with Crippen molar-refractivity contribution in [2.75, 3.05) is 19.6 Å². The molecule has 1 N–H and O–H groups in total. The van der Waals surface area contributed by atoms with Gasteiger partial charge in [0.1, 0.15) is 0 Å². The third-order valence-corrected chi connectivity index (χ3v) is 5.14. The van der Waals surface area contributed by atoms with Gasteiger partial charge in [0, 0.05) is 13.1 Å². The average molecular weight is 281 g/mol. The minimum absolute atomic E-state index is 0.150. The highest BCUT2D eigenvalue weighted by Gasteiger charge is 2.41. The summed E-state index contributed by atoms with van der Waals surface area (Å²) in [5, 5.41) is 9.05. The van der Waals surface area contributed by atoms with Crippen molar-refractivity contribution in [1.29, 1.82) is 0 Å². The van der Waals surface area contributed by atoms with Crippen LogP contribution in [0.15, 0.2) is 0 Å². The van der Waals surface area contributed by atoms with E-state index in [-0.39, 0.29) is 18.2 Å². The summed E-state index contributed by atoms with van der Waals surface area (Å²) >= 11 is 0. The highest BCUT2D eigenvalue weighted by molar-refractivity contribution is 5.69. The Morgan fingerprint density at radius 1 is 1.10 bits per heavy atom. The van der Waals surface area contributed by atoms with Gasteiger partial charge in [-0.15, -0.1) is 0 Å². The largest absolute Gasteiger partial charge is 0.480 e. The van der Waals surface area contributed by atoms with Gasteiger partial charge >= 0.3 is 5.97 Å². The van der Waals surface area contributed by atoms with Crippen molar-refractivity contribution in [1.82, 2.24) is 4.90 Å². The Bertz CT molecular complexity index is 348. The molecule has 0 aromatic carbocycles. The zero-order valence-electron chi connectivity index (χ0n) is 12.4. The molecule has 0 amide bonds. The molecule has 0 bridgehead atoms. The average Bonchev–Trinajstić information content (AvgIpc) is 3.13. The summed E-state index contributed by atoms with van der Waals surface area (Å²) in [6, 6.07) is 0. The van der Waals surface area contributed by atoms with Crippen molar-refractivity contribution in [3.8, 4) is 0 Å². The number of carboxylic acid groups (broad SMARTS) is 1. The molecule has 0 aromatic rings. The van der Waals surface area contributed by atoms with Crippen LogP contribution >= 0.6 is 0 Å². The van der Waals surface area contributed by atoms with Crippen molar-refractivity contribution in [2.24, 2.45) is 5.92 Å². The van der Waals surface area contributed by atoms with Crippen molar-refractivity contribution >= 4 is 5.97 Å². The number of hydrogen-bond acceptors (Lipinski definition) is 3. The Kier molecular flexibility index (Phi) is 4.32. The van der Waals surface area contributed by atoms with Gasteiger partial charge in [0.05, 0.1) is 18.2 Å². The molecular formula is C16H27NO3. The van der Waals surface area contributed by atoms with Crippen molar-refractivity contribution in [2.45, 2.75) is 69.5 Å². The number of ether oxygens (including phenoxy) is 1. The molecule has 20 heavy (non-hydrogen) atoms. The zero-order chi connectivity index (χ0) is 14.0. The second-order valence-corrected chi connectivity index (χ2v) is 7.05. The predicted molar refractivity (Wildman–Crippen MR) is 76.7 cm³/mol. The van der Waals surface area contributed by atoms with E-state index in [1.807, 2.05) is 0 Å². The molecule has 2 aliphatic carbocycles. The summed E-state index contributed by atoms with van der Waals surface area (Å²) in [6.07, 6.45) is 11.5. The third-order valence-electron chi connectivity index (χ3n) is 5.14. The van der Waals surface area contributed by atoms with Gasteiger partial charge in [0.15, 0.2) is 0 Å². The highest BCUT2D eigenvalue weighted by Crippen LogP contribution is 2.42. The first-order valence-corrected chi connectivity index (χ1v) is 8.27. The van der Waals surface area contributed by atoms with Crippen molar-refractivity contribution < 1.29 is 14.6 Å². The van der Waals surface area contributed by atoms with Crippen LogP contribution in [0.25, 0.3) is 0 Å². The van der Waals surface area contributed by atoms with E-state index >= 15 is 0 Å². The molecular weight excluding hydrogens is 254 g/mol. The minimum atomic E-state index is -0.712. The number of carbonyl (C=O) groups is 1. The van der Waals surface area contributed by atoms with Crippen LogP contribution in [-0.4, -0.2) is 47.3 Å². The van der Waals surface area contributed by atoms with Gasteiger partial charge in [-0.05, 0) is 44.4 Å². The van der Waals surface area contributed by atoms with Gasteiger partial charge in [0.25, 0.3) is 0 Å². The van der Waals surface area contributed by atoms with E-state index in [1.54, 1.807) is 0 Å². The Balaban J connectivity index is 1.51. The molecule has 0 aromatic heterocycles. The number of aliphatic carboxylic acids is 1. The molecule has 3 aliphatic rings. The minimum Gasteiger partial charge on any atom is -0.480 e. The summed E-state index contributed by atoms with van der Waals surface area (Å²) in [5.74, 6) is 0.0235. The van der Waals surface area contributed by atoms with E-state index < -0.39 is 5.97 Å². The maximum atomic E-state index is 11.0. The van der Waals surface area contributed by atoms with Crippen LogP contribution in [0.4, 0.5) is 0 Å². The van der Waals surface area contributed by atoms with E-state index in [9.17, 15) is 4.79 Å². The van der Waals surface area contributed by atoms with E-state index in [2.05, 4.69) is 4.90 Å². The summed E-state index contributed by atoms with van der Waals surface area (Å²) in [7, 11) is 0. The smallest absolute Gasteiger partial charge is 0.317 e. The molecule has 1 atom stereocenters. The van der Waals surface area contributed by atoms with Crippen LogP contribution in [0.1, 0.15) is 57.8 Å². The van der Waals surface area contributed by atoms with Gasteiger partial charge in [-0.3, -0.25) is 9.69 Å². The van der Waals surface area contributed by atoms with Crippen LogP contribution in [0.2, 0.25) is 0 Å². The fraction of sp³-hybridized carbons (Fsp3) is 0.938. The Labute approximate surface area is 121 Å². The first-order valence-electron chi connectivity index (χ1n) is 8.27. The standard InChI is InChI=1S/C16H27NO3/c18-15(19)12-17(10-13-4-5-13)11-14-6-9-16(20-14)7-2-1-3-8-16/h13-14H,1-12H2,(H,18,19). The number of hydrogen-bond donors (Lipinski definition) is 1. The first-order chi connectivity index (χ1) is 9.65. The lowest BCUT2D eigenvalue weighted by molar-refractivity contribution is -0.139. The molecule has 1 heterocycles. The fourth-order valence-electron chi connectivity index (χ4n) is 3.94. The van der Waals surface area contributed by atoms with Crippen LogP contribution in [0, 0.1) is 5.92 Å². The van der Waals surface area contributed by atoms with E-state index in [0.29, 0.717) is 0 Å². The van der Waals surface area contributed by atoms with Crippen LogP contribution in [-0.2, 0) is 9.53 Å². The monoisotopic (exact) mass is 281 g/mol. The Morgan fingerprint density at radius 2 is 1.85 bits per heavy atom. The molecule has 2 saturated carbocycles. The molecule has 3 fully saturated rings. The van der Waals surface area contributed by atoms with Gasteiger partial charge < -0.3 is 9.84 Å². The third kappa shape index (κ3) is 3.73. The lowest BCUT2D eigenvalue weighted by atomic mass is 9.83. The molecule has 1 spiro atoms. The Morgan fingerprint density at radius 3 is 2.50 bits per heavy atom. The predicted octanol–water partition coefficient (Wildman–Crippen LogP) is 2.66. The molecule has 114 valence electrons. The second kappa shape index (κ2) is 6.02. The van der Waals surface area contributed by atoms with E-state index in [4.69, 9.17) is 9.84 Å². The molecule has 1 saturated heterocycles. The molecule has 4 heteroatoms. The lowest BCUT2D eigenvalue weighted by Crippen LogP contribution is -2.39. The molecule has 0 radical (unpaired) electrons. The molecule has 3 rings (SSSR count). The highest BCUT2D eigenvalue weighted by atomic mass is 16.5. The second-order valence-electron chi connectivity index (χ2n) is 7.05. The maximum Gasteiger partial charge on any atom is 0.317 e. The quantitative estimate of drug-likeness (QED) is 0.813. The van der Waals surface area contributed by atoms with Crippen LogP contribution < -0.4 is 0 Å². The maximum absolute atomic E-state index is 11.0. The summed E-state index contributed by atoms with van der Waals surface area (Å²) < 4.78 is 6.37. The summed E-state index contributed by atoms with van der Waals surface area (Å²) in [6.45, 7) is 1.92. The molecule has 4 nitrogen and oxygen atoms in total. The molecule has 1 aliphatic heterocycles. The first kappa shape index (κ1) is 14.3. The van der Waals surface area contributed by atoms with E-state index in [1.165, 1.54) is 51.4 Å². The summed E-state index contributed by atoms with van der Waals surface area (Å²) in [4.78, 5) is 13.1. The van der Waals surface area contributed by atoms with Crippen molar-refractivity contribution in [3.05, 3.63) is 0 Å². The fourth-order valence-corrected chi connectivity index (χ4v) is 3.94. The number of carboxylic acids is 1. The number of rotatable bonds is 6. The van der Waals surface area contributed by atoms with Gasteiger partial charge in [-0.1, -0.05) is 19.3 Å². The topological polar surface area (TPSA) is 49.8 Å². The van der Waals surface area contributed by atoms with Gasteiger partial charge in [0.2, 0.25) is 0 Å². The van der Waals surface area contributed by atoms with Crippen LogP contribution in [0.3, 0.4) is 0 Å². The lowest BCUT2D eigenvalue weighted by Gasteiger charge is -2.34. The normalized spacial score (nSPS) is 29.1. The molecule has 1 unspecified atom stereocenters. The van der Waals surface area contributed by atoms with Gasteiger partial charge in [-0.2, -0.15) is 0 Å². The SMILES string of the molecule is O=C(O)CN(CC1CC1)CC1CCC2(CCCCC2)O1. The Hall–Kier alpha value is -0.610. The van der Waals surface area contributed by atoms with Gasteiger partial charge in [-0.25, -0.2) is 0 Å². The van der Waals surface area contributed by atoms with Crippen molar-refractivity contribution in [3.63, 3.8) is 0 Å². The van der Waals surface area contributed by atoms with E-state index in [0.717, 1.165) is 25.4 Å². The number of nitrogens with zero attached hydrogens (tertiary/aromatic N) is 1. The van der Waals surface area contributed by atoms with Crippen LogP contribution in [0.5, 0.6) is 0 Å².